The normalized spacial score (nSPS) is 11.1. The third kappa shape index (κ3) is 5.02. The molecule has 1 N–H and O–H groups in total. The highest BCUT2D eigenvalue weighted by atomic mass is 35.5. The van der Waals surface area contributed by atoms with E-state index in [9.17, 15) is 9.59 Å². The van der Waals surface area contributed by atoms with Gasteiger partial charge in [-0.2, -0.15) is 9.78 Å². The maximum atomic E-state index is 12.8. The molecular weight excluding hydrogens is 468 g/mol. The lowest BCUT2D eigenvalue weighted by Crippen LogP contribution is -2.16. The van der Waals surface area contributed by atoms with Crippen molar-refractivity contribution in [3.8, 4) is 11.6 Å². The smallest absolute Gasteiger partial charge is 0.343 e. The van der Waals surface area contributed by atoms with Gasteiger partial charge in [0.2, 0.25) is 5.91 Å². The van der Waals surface area contributed by atoms with Gasteiger partial charge in [-0.25, -0.2) is 9.78 Å². The Morgan fingerprint density at radius 3 is 2.71 bits per heavy atom. The number of hydrogen-bond acceptors (Lipinski definition) is 6. The molecule has 4 aromatic rings. The van der Waals surface area contributed by atoms with E-state index in [-0.39, 0.29) is 18.0 Å². The summed E-state index contributed by atoms with van der Waals surface area (Å²) in [5, 5.41) is 8.50. The molecule has 0 aliphatic carbocycles. The van der Waals surface area contributed by atoms with Crippen molar-refractivity contribution in [1.82, 2.24) is 14.8 Å². The summed E-state index contributed by atoms with van der Waals surface area (Å²) in [7, 11) is 1.57. The van der Waals surface area contributed by atoms with Gasteiger partial charge in [0, 0.05) is 16.5 Å². The number of nitrogens with one attached hydrogen (secondary N) is 1. The quantitative estimate of drug-likeness (QED) is 0.282. The lowest BCUT2D eigenvalue weighted by molar-refractivity contribution is -0.111. The number of nitrogens with zero attached hydrogens (tertiary/aromatic N) is 3. The zero-order valence-corrected chi connectivity index (χ0v) is 20.2. The molecule has 0 saturated heterocycles. The molecule has 0 spiro atoms. The standard InChI is InChI=1S/C26H23ClN4O4/c1-4-35-26(33)19-15-28-31(22-14-16(2)18-9-7-11-21(34-3)24(18)29-22)25(19)30-23(32)13-12-17-8-5-6-10-20(17)27/h5-15H,4H2,1-3H3,(H,30,32)/b13-12+. The van der Waals surface area contributed by atoms with Crippen molar-refractivity contribution in [2.24, 2.45) is 0 Å². The van der Waals surface area contributed by atoms with E-state index in [0.717, 1.165) is 10.9 Å². The molecule has 9 heteroatoms. The molecule has 2 aromatic heterocycles. The summed E-state index contributed by atoms with van der Waals surface area (Å²) in [4.78, 5) is 30.1. The van der Waals surface area contributed by atoms with Crippen LogP contribution in [0.1, 0.15) is 28.4 Å². The van der Waals surface area contributed by atoms with Crippen LogP contribution in [-0.4, -0.2) is 40.4 Å². The van der Waals surface area contributed by atoms with Gasteiger partial charge in [0.15, 0.2) is 11.6 Å². The first kappa shape index (κ1) is 24.0. The highest BCUT2D eigenvalue weighted by Gasteiger charge is 2.22. The lowest BCUT2D eigenvalue weighted by atomic mass is 10.1. The summed E-state index contributed by atoms with van der Waals surface area (Å²) in [6, 6.07) is 14.6. The van der Waals surface area contributed by atoms with Crippen LogP contribution in [0, 0.1) is 6.92 Å². The van der Waals surface area contributed by atoms with Crippen LogP contribution in [0.15, 0.2) is 60.8 Å². The van der Waals surface area contributed by atoms with E-state index < -0.39 is 11.9 Å². The van der Waals surface area contributed by atoms with E-state index in [1.165, 1.54) is 17.0 Å². The molecule has 178 valence electrons. The van der Waals surface area contributed by atoms with Gasteiger partial charge in [-0.15, -0.1) is 0 Å². The first-order valence-corrected chi connectivity index (χ1v) is 11.2. The maximum absolute atomic E-state index is 12.8. The second kappa shape index (κ2) is 10.4. The third-order valence-electron chi connectivity index (χ3n) is 5.26. The van der Waals surface area contributed by atoms with Crippen LogP contribution < -0.4 is 10.1 Å². The van der Waals surface area contributed by atoms with Gasteiger partial charge in [-0.1, -0.05) is 41.9 Å². The van der Waals surface area contributed by atoms with Gasteiger partial charge in [-0.05, 0) is 49.2 Å². The Kier molecular flexibility index (Phi) is 7.12. The SMILES string of the molecule is CCOC(=O)c1cnn(-c2cc(C)c3cccc(OC)c3n2)c1NC(=O)/C=C/c1ccccc1Cl. The first-order chi connectivity index (χ1) is 16.9. The van der Waals surface area contributed by atoms with Crippen LogP contribution >= 0.6 is 11.6 Å². The van der Waals surface area contributed by atoms with E-state index in [4.69, 9.17) is 26.1 Å². The molecule has 4 rings (SSSR count). The fourth-order valence-electron chi connectivity index (χ4n) is 3.58. The van der Waals surface area contributed by atoms with E-state index in [2.05, 4.69) is 10.4 Å². The molecule has 2 aromatic carbocycles. The Morgan fingerprint density at radius 2 is 1.97 bits per heavy atom. The van der Waals surface area contributed by atoms with Crippen molar-refractivity contribution < 1.29 is 19.1 Å². The number of halogens is 1. The highest BCUT2D eigenvalue weighted by molar-refractivity contribution is 6.32. The molecule has 0 radical (unpaired) electrons. The minimum Gasteiger partial charge on any atom is -0.494 e. The Balaban J connectivity index is 1.77. The van der Waals surface area contributed by atoms with Crippen LogP contribution in [0.5, 0.6) is 5.75 Å². The summed E-state index contributed by atoms with van der Waals surface area (Å²) < 4.78 is 12.0. The zero-order chi connectivity index (χ0) is 24.9. The second-order valence-electron chi connectivity index (χ2n) is 7.54. The number of para-hydroxylation sites is 1. The van der Waals surface area contributed by atoms with E-state index >= 15 is 0 Å². The number of carbonyl (C=O) groups is 2. The number of benzene rings is 2. The largest absolute Gasteiger partial charge is 0.494 e. The summed E-state index contributed by atoms with van der Waals surface area (Å²) in [6.07, 6.45) is 4.26. The number of methoxy groups -OCH3 is 1. The van der Waals surface area contributed by atoms with Crippen LogP contribution in [0.4, 0.5) is 5.82 Å². The van der Waals surface area contributed by atoms with Gasteiger partial charge in [0.1, 0.15) is 16.8 Å². The topological polar surface area (TPSA) is 95.3 Å². The number of amides is 1. The Hall–Kier alpha value is -4.17. The predicted octanol–water partition coefficient (Wildman–Crippen LogP) is 5.22. The molecule has 8 nitrogen and oxygen atoms in total. The van der Waals surface area contributed by atoms with E-state index in [1.807, 2.05) is 37.3 Å². The number of anilines is 1. The molecule has 0 aliphatic heterocycles. The van der Waals surface area contributed by atoms with Crippen LogP contribution in [0.2, 0.25) is 5.02 Å². The van der Waals surface area contributed by atoms with Crippen molar-refractivity contribution in [3.63, 3.8) is 0 Å². The van der Waals surface area contributed by atoms with Gasteiger partial charge in [-0.3, -0.25) is 4.79 Å². The average molecular weight is 491 g/mol. The van der Waals surface area contributed by atoms with E-state index in [0.29, 0.717) is 27.7 Å². The lowest BCUT2D eigenvalue weighted by Gasteiger charge is -2.12. The Morgan fingerprint density at radius 1 is 1.17 bits per heavy atom. The molecule has 1 amide bonds. The van der Waals surface area contributed by atoms with Crippen LogP contribution in [0.25, 0.3) is 22.8 Å². The molecule has 0 saturated carbocycles. The molecule has 0 fully saturated rings. The van der Waals surface area contributed by atoms with Gasteiger partial charge >= 0.3 is 5.97 Å². The number of aromatic nitrogens is 3. The third-order valence-corrected chi connectivity index (χ3v) is 5.60. The summed E-state index contributed by atoms with van der Waals surface area (Å²) in [5.41, 5.74) is 2.34. The number of pyridine rings is 1. The van der Waals surface area contributed by atoms with Gasteiger partial charge in [0.25, 0.3) is 0 Å². The Labute approximate surface area is 207 Å². The number of fused-ring (bicyclic) bond motifs is 1. The number of carbonyl (C=O) groups excluding carboxylic acids is 2. The monoisotopic (exact) mass is 490 g/mol. The maximum Gasteiger partial charge on any atom is 0.343 e. The fraction of sp³-hybridized carbons (Fsp3) is 0.154. The zero-order valence-electron chi connectivity index (χ0n) is 19.4. The molecular formula is C26H23ClN4O4. The van der Waals surface area contributed by atoms with Crippen LogP contribution in [-0.2, 0) is 9.53 Å². The highest BCUT2D eigenvalue weighted by Crippen LogP contribution is 2.29. The first-order valence-electron chi connectivity index (χ1n) is 10.9. The minimum atomic E-state index is -0.612. The summed E-state index contributed by atoms with van der Waals surface area (Å²) in [5.74, 6) is 0.0452. The minimum absolute atomic E-state index is 0.103. The molecule has 0 aliphatic rings. The number of hydrogen-bond donors (Lipinski definition) is 1. The van der Waals surface area contributed by atoms with Crippen molar-refractivity contribution in [1.29, 1.82) is 0 Å². The second-order valence-corrected chi connectivity index (χ2v) is 7.94. The fourth-order valence-corrected chi connectivity index (χ4v) is 3.78. The number of esters is 1. The van der Waals surface area contributed by atoms with Crippen molar-refractivity contribution in [2.75, 3.05) is 19.0 Å². The van der Waals surface area contributed by atoms with Gasteiger partial charge < -0.3 is 14.8 Å². The molecule has 2 heterocycles. The number of aryl methyl sites for hydroxylation is 1. The number of ether oxygens (including phenoxy) is 2. The molecule has 35 heavy (non-hydrogen) atoms. The van der Waals surface area contributed by atoms with Crippen molar-refractivity contribution in [3.05, 3.63) is 82.5 Å². The van der Waals surface area contributed by atoms with Crippen molar-refractivity contribution in [2.45, 2.75) is 13.8 Å². The molecule has 0 bridgehead atoms. The molecule has 0 atom stereocenters. The van der Waals surface area contributed by atoms with Crippen LogP contribution in [0.3, 0.4) is 0 Å². The number of rotatable bonds is 7. The van der Waals surface area contributed by atoms with E-state index in [1.54, 1.807) is 38.3 Å². The van der Waals surface area contributed by atoms with Crippen molar-refractivity contribution >= 4 is 46.3 Å². The molecule has 0 unspecified atom stereocenters. The Bertz CT molecular complexity index is 1440. The summed E-state index contributed by atoms with van der Waals surface area (Å²) in [6.45, 7) is 3.81. The van der Waals surface area contributed by atoms with Gasteiger partial charge in [0.05, 0.1) is 19.9 Å². The average Bonchev–Trinajstić information content (AvgIpc) is 3.26. The summed E-state index contributed by atoms with van der Waals surface area (Å²) >= 11 is 6.17. The predicted molar refractivity (Wildman–Crippen MR) is 135 cm³/mol.